The number of carbonyl (C=O) groups is 1. The Morgan fingerprint density at radius 1 is 1.16 bits per heavy atom. The second-order valence-electron chi connectivity index (χ2n) is 5.52. The predicted molar refractivity (Wildman–Crippen MR) is 77.9 cm³/mol. The van der Waals surface area contributed by atoms with Gasteiger partial charge in [0, 0.05) is 0 Å². The van der Waals surface area contributed by atoms with Crippen LogP contribution in [0, 0.1) is 5.92 Å². The number of rotatable bonds is 7. The van der Waals surface area contributed by atoms with E-state index in [1.54, 1.807) is 0 Å². The van der Waals surface area contributed by atoms with Gasteiger partial charge in [-0.1, -0.05) is 44.2 Å². The number of hydrogen-bond acceptors (Lipinski definition) is 2. The van der Waals surface area contributed by atoms with E-state index in [-0.39, 0.29) is 24.7 Å². The summed E-state index contributed by atoms with van der Waals surface area (Å²) in [6, 6.07) is 10.1. The molecule has 0 radical (unpaired) electrons. The van der Waals surface area contributed by atoms with E-state index >= 15 is 0 Å². The Morgan fingerprint density at radius 2 is 1.79 bits per heavy atom. The molecule has 1 unspecified atom stereocenters. The molecule has 1 amide bonds. The van der Waals surface area contributed by atoms with Gasteiger partial charge >= 0.3 is 0 Å². The predicted octanol–water partition coefficient (Wildman–Crippen LogP) is 3.32. The number of carbonyl (C=O) groups excluding carboxylic acids is 1. The summed E-state index contributed by atoms with van der Waals surface area (Å²) < 4.78 is 5.33. The molecule has 3 nitrogen and oxygen atoms in total. The number of nitrogens with one attached hydrogen (secondary N) is 1. The normalized spacial score (nSPS) is 12.7. The lowest BCUT2D eigenvalue weighted by Crippen LogP contribution is -2.33. The molecular formula is C16H25NO2. The third kappa shape index (κ3) is 6.39. The number of ether oxygens (including phenoxy) is 1. The fourth-order valence-electron chi connectivity index (χ4n) is 1.91. The van der Waals surface area contributed by atoms with Crippen LogP contribution in [0.4, 0.5) is 0 Å². The summed E-state index contributed by atoms with van der Waals surface area (Å²) in [5.74, 6) is 0.472. The number of benzene rings is 1. The Morgan fingerprint density at radius 3 is 2.32 bits per heavy atom. The highest BCUT2D eigenvalue weighted by atomic mass is 16.5. The van der Waals surface area contributed by atoms with Crippen LogP contribution in [0.25, 0.3) is 0 Å². The quantitative estimate of drug-likeness (QED) is 0.819. The van der Waals surface area contributed by atoms with Crippen LogP contribution in [-0.2, 0) is 9.53 Å². The lowest BCUT2D eigenvalue weighted by molar-refractivity contribution is -0.128. The third-order valence-electron chi connectivity index (χ3n) is 2.79. The summed E-state index contributed by atoms with van der Waals surface area (Å²) in [5, 5.41) is 3.06. The largest absolute Gasteiger partial charge is 0.369 e. The fourth-order valence-corrected chi connectivity index (χ4v) is 1.91. The molecule has 1 aromatic rings. The minimum absolute atomic E-state index is 0.0526. The van der Waals surface area contributed by atoms with Crippen LogP contribution in [0.15, 0.2) is 30.3 Å². The highest BCUT2D eigenvalue weighted by molar-refractivity contribution is 5.77. The van der Waals surface area contributed by atoms with E-state index in [4.69, 9.17) is 4.74 Å². The molecule has 0 aliphatic carbocycles. The van der Waals surface area contributed by atoms with Gasteiger partial charge in [0.1, 0.15) is 6.61 Å². The molecular weight excluding hydrogens is 238 g/mol. The van der Waals surface area contributed by atoms with Crippen molar-refractivity contribution in [1.82, 2.24) is 5.32 Å². The molecule has 0 heterocycles. The minimum Gasteiger partial charge on any atom is -0.369 e. The van der Waals surface area contributed by atoms with Crippen LogP contribution in [0.2, 0.25) is 0 Å². The minimum atomic E-state index is -0.0526. The zero-order valence-corrected chi connectivity index (χ0v) is 12.3. The monoisotopic (exact) mass is 263 g/mol. The summed E-state index contributed by atoms with van der Waals surface area (Å²) in [6.45, 7) is 8.30. The lowest BCUT2D eigenvalue weighted by atomic mass is 9.97. The second-order valence-corrected chi connectivity index (χ2v) is 5.52. The van der Waals surface area contributed by atoms with Crippen LogP contribution in [0.5, 0.6) is 0 Å². The Balaban J connectivity index is 2.62. The van der Waals surface area contributed by atoms with E-state index in [1.807, 2.05) is 32.0 Å². The molecule has 0 bridgehead atoms. The van der Waals surface area contributed by atoms with Crippen LogP contribution < -0.4 is 5.32 Å². The van der Waals surface area contributed by atoms with Crippen molar-refractivity contribution in [2.75, 3.05) is 6.61 Å². The lowest BCUT2D eigenvalue weighted by Gasteiger charge is -2.21. The van der Waals surface area contributed by atoms with Gasteiger partial charge in [0.2, 0.25) is 5.91 Å². The first kappa shape index (κ1) is 15.7. The zero-order chi connectivity index (χ0) is 14.3. The summed E-state index contributed by atoms with van der Waals surface area (Å²) in [5.41, 5.74) is 1.15. The van der Waals surface area contributed by atoms with Gasteiger partial charge in [-0.3, -0.25) is 4.79 Å². The van der Waals surface area contributed by atoms with Gasteiger partial charge < -0.3 is 10.1 Å². The number of hydrogen-bond donors (Lipinski definition) is 1. The van der Waals surface area contributed by atoms with Gasteiger partial charge in [-0.05, 0) is 31.7 Å². The molecule has 0 saturated carbocycles. The van der Waals surface area contributed by atoms with E-state index in [0.717, 1.165) is 12.0 Å². The fraction of sp³-hybridized carbons (Fsp3) is 0.562. The van der Waals surface area contributed by atoms with Crippen molar-refractivity contribution in [2.24, 2.45) is 5.92 Å². The van der Waals surface area contributed by atoms with Gasteiger partial charge in [-0.25, -0.2) is 0 Å². The maximum Gasteiger partial charge on any atom is 0.246 e. The Kier molecular flexibility index (Phi) is 6.57. The van der Waals surface area contributed by atoms with Crippen molar-refractivity contribution in [2.45, 2.75) is 46.3 Å². The molecule has 1 rings (SSSR count). The summed E-state index contributed by atoms with van der Waals surface area (Å²) >= 11 is 0. The van der Waals surface area contributed by atoms with Gasteiger partial charge in [-0.15, -0.1) is 0 Å². The van der Waals surface area contributed by atoms with Gasteiger partial charge in [0.25, 0.3) is 0 Å². The van der Waals surface area contributed by atoms with E-state index in [1.165, 1.54) is 0 Å². The van der Waals surface area contributed by atoms with Crippen molar-refractivity contribution < 1.29 is 9.53 Å². The first-order valence-electron chi connectivity index (χ1n) is 6.95. The standard InChI is InChI=1S/C16H25NO2/c1-12(2)10-15(14-8-6-5-7-9-14)17-16(18)11-19-13(3)4/h5-9,12-13,15H,10-11H2,1-4H3,(H,17,18). The average Bonchev–Trinajstić information content (AvgIpc) is 2.36. The van der Waals surface area contributed by atoms with Crippen molar-refractivity contribution >= 4 is 5.91 Å². The van der Waals surface area contributed by atoms with Crippen molar-refractivity contribution in [1.29, 1.82) is 0 Å². The molecule has 19 heavy (non-hydrogen) atoms. The van der Waals surface area contributed by atoms with E-state index < -0.39 is 0 Å². The summed E-state index contributed by atoms with van der Waals surface area (Å²) in [4.78, 5) is 11.9. The second kappa shape index (κ2) is 7.95. The summed E-state index contributed by atoms with van der Waals surface area (Å²) in [7, 11) is 0. The van der Waals surface area contributed by atoms with E-state index in [0.29, 0.717) is 5.92 Å². The van der Waals surface area contributed by atoms with Crippen molar-refractivity contribution in [3.05, 3.63) is 35.9 Å². The van der Waals surface area contributed by atoms with Gasteiger partial charge in [-0.2, -0.15) is 0 Å². The maximum absolute atomic E-state index is 11.9. The first-order valence-corrected chi connectivity index (χ1v) is 6.95. The van der Waals surface area contributed by atoms with Crippen LogP contribution in [0.1, 0.15) is 45.7 Å². The molecule has 0 aliphatic rings. The molecule has 0 aliphatic heterocycles. The number of amides is 1. The maximum atomic E-state index is 11.9. The topological polar surface area (TPSA) is 38.3 Å². The molecule has 0 spiro atoms. The highest BCUT2D eigenvalue weighted by Crippen LogP contribution is 2.20. The summed E-state index contributed by atoms with van der Waals surface area (Å²) in [6.07, 6.45) is 1.00. The van der Waals surface area contributed by atoms with E-state index in [2.05, 4.69) is 31.3 Å². The van der Waals surface area contributed by atoms with Crippen LogP contribution in [0.3, 0.4) is 0 Å². The third-order valence-corrected chi connectivity index (χ3v) is 2.79. The molecule has 0 fully saturated rings. The smallest absolute Gasteiger partial charge is 0.246 e. The molecule has 0 saturated heterocycles. The van der Waals surface area contributed by atoms with Crippen molar-refractivity contribution in [3.63, 3.8) is 0 Å². The van der Waals surface area contributed by atoms with Crippen LogP contribution in [-0.4, -0.2) is 18.6 Å². The Bertz CT molecular complexity index is 374. The molecule has 1 N–H and O–H groups in total. The van der Waals surface area contributed by atoms with Crippen molar-refractivity contribution in [3.8, 4) is 0 Å². The molecule has 106 valence electrons. The molecule has 1 aromatic carbocycles. The molecule has 3 heteroatoms. The zero-order valence-electron chi connectivity index (χ0n) is 12.3. The molecule has 0 aromatic heterocycles. The SMILES string of the molecule is CC(C)CC(NC(=O)COC(C)C)c1ccccc1. The van der Waals surface area contributed by atoms with Gasteiger partial charge in [0.15, 0.2) is 0 Å². The highest BCUT2D eigenvalue weighted by Gasteiger charge is 2.16. The van der Waals surface area contributed by atoms with E-state index in [9.17, 15) is 4.79 Å². The Labute approximate surface area is 116 Å². The average molecular weight is 263 g/mol. The Hall–Kier alpha value is -1.35. The first-order chi connectivity index (χ1) is 8.99. The molecule has 1 atom stereocenters. The van der Waals surface area contributed by atoms with Crippen LogP contribution >= 0.6 is 0 Å². The van der Waals surface area contributed by atoms with Gasteiger partial charge in [0.05, 0.1) is 12.1 Å².